The van der Waals surface area contributed by atoms with Gasteiger partial charge in [-0.15, -0.1) is 0 Å². The average Bonchev–Trinajstić information content (AvgIpc) is 2.97. The third-order valence-corrected chi connectivity index (χ3v) is 7.79. The molecule has 1 aromatic rings. The molecule has 1 aliphatic heterocycles. The molecule has 0 bridgehead atoms. The highest BCUT2D eigenvalue weighted by atomic mass is 16.6. The number of Topliss-reactive ketones (excluding diaryl/α,β-unsaturated/α-hetero) is 1. The topological polar surface area (TPSA) is 80.0 Å². The summed E-state index contributed by atoms with van der Waals surface area (Å²) in [5.41, 5.74) is -0.292. The van der Waals surface area contributed by atoms with Gasteiger partial charge in [-0.3, -0.25) is 9.59 Å². The molecule has 3 fully saturated rings. The zero-order valence-corrected chi connectivity index (χ0v) is 15.1. The van der Waals surface area contributed by atoms with E-state index < -0.39 is 17.3 Å². The van der Waals surface area contributed by atoms with E-state index in [1.54, 1.807) is 6.07 Å². The third-order valence-electron chi connectivity index (χ3n) is 7.79. The van der Waals surface area contributed by atoms with Crippen LogP contribution in [-0.4, -0.2) is 28.6 Å². The van der Waals surface area contributed by atoms with Crippen LogP contribution in [0.1, 0.15) is 63.2 Å². The van der Waals surface area contributed by atoms with Crippen molar-refractivity contribution in [3.63, 3.8) is 0 Å². The Morgan fingerprint density at radius 3 is 2.64 bits per heavy atom. The van der Waals surface area contributed by atoms with Crippen LogP contribution in [0.25, 0.3) is 0 Å². The van der Waals surface area contributed by atoms with Crippen molar-refractivity contribution in [3.8, 4) is 0 Å². The molecule has 2 heterocycles. The summed E-state index contributed by atoms with van der Waals surface area (Å²) in [5.74, 6) is -1.15. The molecule has 4 rings (SSSR count). The van der Waals surface area contributed by atoms with Gasteiger partial charge >= 0.3 is 5.97 Å². The summed E-state index contributed by atoms with van der Waals surface area (Å²) in [5, 5.41) is 9.87. The van der Waals surface area contributed by atoms with Gasteiger partial charge in [-0.2, -0.15) is 0 Å². The molecule has 136 valence electrons. The molecular formula is C20H26O5. The lowest BCUT2D eigenvalue weighted by atomic mass is 9.44. The second-order valence-corrected chi connectivity index (χ2v) is 8.81. The maximum absolute atomic E-state index is 12.8. The van der Waals surface area contributed by atoms with Crippen LogP contribution in [0.4, 0.5) is 0 Å². The van der Waals surface area contributed by atoms with Gasteiger partial charge in [0, 0.05) is 11.8 Å². The predicted molar refractivity (Wildman–Crippen MR) is 90.2 cm³/mol. The van der Waals surface area contributed by atoms with E-state index in [-0.39, 0.29) is 29.1 Å². The van der Waals surface area contributed by atoms with Gasteiger partial charge in [0.1, 0.15) is 6.26 Å². The fourth-order valence-corrected chi connectivity index (χ4v) is 6.10. The normalized spacial score (nSPS) is 45.3. The molecule has 0 aromatic carbocycles. The first-order chi connectivity index (χ1) is 11.7. The standard InChI is InChI=1S/C20H26O5/c1-18(10-14(21)12-7-9-24-11-12)13(17(22)23)6-8-19(2)15(18)4-5-16-20(19,3)25-16/h7,9,11,13,15-16H,4-6,8,10H2,1-3H3,(H,22,23). The van der Waals surface area contributed by atoms with Crippen LogP contribution in [0.15, 0.2) is 23.0 Å². The number of rotatable bonds is 4. The summed E-state index contributed by atoms with van der Waals surface area (Å²) in [6.45, 7) is 6.43. The Balaban J connectivity index is 1.72. The summed E-state index contributed by atoms with van der Waals surface area (Å²) in [7, 11) is 0. The molecule has 2 saturated carbocycles. The lowest BCUT2D eigenvalue weighted by molar-refractivity contribution is -0.162. The highest BCUT2D eigenvalue weighted by molar-refractivity contribution is 5.96. The van der Waals surface area contributed by atoms with Crippen LogP contribution in [0, 0.1) is 22.7 Å². The second kappa shape index (κ2) is 5.19. The maximum atomic E-state index is 12.8. The lowest BCUT2D eigenvalue weighted by Gasteiger charge is -2.58. The molecule has 2 aliphatic carbocycles. The van der Waals surface area contributed by atoms with E-state index in [0.717, 1.165) is 19.3 Å². The van der Waals surface area contributed by atoms with Gasteiger partial charge in [-0.25, -0.2) is 0 Å². The molecule has 0 radical (unpaired) electrons. The largest absolute Gasteiger partial charge is 0.481 e. The minimum atomic E-state index is -0.784. The summed E-state index contributed by atoms with van der Waals surface area (Å²) in [6.07, 6.45) is 6.80. The highest BCUT2D eigenvalue weighted by Crippen LogP contribution is 2.70. The van der Waals surface area contributed by atoms with Gasteiger partial charge in [0.2, 0.25) is 0 Å². The molecule has 6 atom stereocenters. The van der Waals surface area contributed by atoms with E-state index in [9.17, 15) is 14.7 Å². The van der Waals surface area contributed by atoms with Crippen LogP contribution in [0.5, 0.6) is 0 Å². The van der Waals surface area contributed by atoms with Gasteiger partial charge in [0.05, 0.1) is 29.4 Å². The second-order valence-electron chi connectivity index (χ2n) is 8.81. The smallest absolute Gasteiger partial charge is 0.307 e. The average molecular weight is 346 g/mol. The fourth-order valence-electron chi connectivity index (χ4n) is 6.10. The number of hydrogen-bond donors (Lipinski definition) is 1. The lowest BCUT2D eigenvalue weighted by Crippen LogP contribution is -2.58. The van der Waals surface area contributed by atoms with Crippen molar-refractivity contribution < 1.29 is 23.8 Å². The summed E-state index contributed by atoms with van der Waals surface area (Å²) < 4.78 is 11.1. The van der Waals surface area contributed by atoms with Crippen molar-refractivity contribution in [2.45, 2.75) is 64.6 Å². The van der Waals surface area contributed by atoms with Gasteiger partial charge in [0.25, 0.3) is 0 Å². The quantitative estimate of drug-likeness (QED) is 0.660. The van der Waals surface area contributed by atoms with Crippen LogP contribution in [0.2, 0.25) is 0 Å². The summed E-state index contributed by atoms with van der Waals surface area (Å²) >= 11 is 0. The van der Waals surface area contributed by atoms with Gasteiger partial charge in [0.15, 0.2) is 5.78 Å². The zero-order valence-electron chi connectivity index (χ0n) is 15.1. The summed E-state index contributed by atoms with van der Waals surface area (Å²) in [6, 6.07) is 1.66. The van der Waals surface area contributed by atoms with Crippen LogP contribution >= 0.6 is 0 Å². The number of carbonyl (C=O) groups is 2. The van der Waals surface area contributed by atoms with Crippen LogP contribution in [0.3, 0.4) is 0 Å². The Kier molecular flexibility index (Phi) is 3.50. The van der Waals surface area contributed by atoms with Crippen molar-refractivity contribution in [2.24, 2.45) is 22.7 Å². The Labute approximate surface area is 147 Å². The van der Waals surface area contributed by atoms with E-state index in [1.165, 1.54) is 12.5 Å². The fraction of sp³-hybridized carbons (Fsp3) is 0.700. The molecule has 6 unspecified atom stereocenters. The first-order valence-electron chi connectivity index (χ1n) is 9.18. The molecule has 5 nitrogen and oxygen atoms in total. The number of ketones is 1. The van der Waals surface area contributed by atoms with E-state index in [1.807, 2.05) is 6.92 Å². The minimum Gasteiger partial charge on any atom is -0.481 e. The maximum Gasteiger partial charge on any atom is 0.307 e. The van der Waals surface area contributed by atoms with E-state index in [0.29, 0.717) is 18.1 Å². The first-order valence-corrected chi connectivity index (χ1v) is 9.18. The zero-order chi connectivity index (χ0) is 18.0. The molecule has 0 amide bonds. The van der Waals surface area contributed by atoms with Crippen molar-refractivity contribution in [2.75, 3.05) is 0 Å². The van der Waals surface area contributed by atoms with Crippen molar-refractivity contribution in [1.82, 2.24) is 0 Å². The Morgan fingerprint density at radius 1 is 1.24 bits per heavy atom. The number of fused-ring (bicyclic) bond motifs is 3. The minimum absolute atomic E-state index is 0.0317. The third kappa shape index (κ3) is 2.17. The van der Waals surface area contributed by atoms with E-state index in [2.05, 4.69) is 13.8 Å². The number of epoxide rings is 1. The Bertz CT molecular complexity index is 710. The number of furan rings is 1. The molecule has 5 heteroatoms. The number of ether oxygens (including phenoxy) is 1. The van der Waals surface area contributed by atoms with E-state index >= 15 is 0 Å². The van der Waals surface area contributed by atoms with Crippen molar-refractivity contribution in [1.29, 1.82) is 0 Å². The number of aliphatic carboxylic acids is 1. The number of carboxylic acids is 1. The Hall–Kier alpha value is -1.62. The molecule has 1 aromatic heterocycles. The van der Waals surface area contributed by atoms with Gasteiger partial charge < -0.3 is 14.3 Å². The highest BCUT2D eigenvalue weighted by Gasteiger charge is 2.72. The number of hydrogen-bond acceptors (Lipinski definition) is 4. The number of carbonyl (C=O) groups excluding carboxylic acids is 1. The van der Waals surface area contributed by atoms with Crippen LogP contribution in [-0.2, 0) is 9.53 Å². The molecule has 25 heavy (non-hydrogen) atoms. The van der Waals surface area contributed by atoms with Crippen LogP contribution < -0.4 is 0 Å². The van der Waals surface area contributed by atoms with Crippen molar-refractivity contribution >= 4 is 11.8 Å². The SMILES string of the molecule is CC1(CC(=O)c2ccoc2)C(C(=O)O)CCC2(C)C1CCC1OC12C. The number of carboxylic acid groups (broad SMARTS) is 1. The molecule has 0 spiro atoms. The first kappa shape index (κ1) is 16.8. The van der Waals surface area contributed by atoms with Crippen molar-refractivity contribution in [3.05, 3.63) is 24.2 Å². The predicted octanol–water partition coefficient (Wildman–Crippen LogP) is 3.93. The summed E-state index contributed by atoms with van der Waals surface area (Å²) in [4.78, 5) is 24.8. The molecular weight excluding hydrogens is 320 g/mol. The van der Waals surface area contributed by atoms with Gasteiger partial charge in [-0.1, -0.05) is 13.8 Å². The molecule has 3 aliphatic rings. The van der Waals surface area contributed by atoms with E-state index in [4.69, 9.17) is 9.15 Å². The Morgan fingerprint density at radius 2 is 2.00 bits per heavy atom. The molecule has 1 N–H and O–H groups in total. The monoisotopic (exact) mass is 346 g/mol. The molecule has 1 saturated heterocycles. The van der Waals surface area contributed by atoms with Gasteiger partial charge in [-0.05, 0) is 50.0 Å².